The molecular weight excluding hydrogens is 312 g/mol. The van der Waals surface area contributed by atoms with Gasteiger partial charge in [0.15, 0.2) is 0 Å². The van der Waals surface area contributed by atoms with Crippen molar-refractivity contribution in [1.29, 1.82) is 0 Å². The maximum absolute atomic E-state index is 11.2. The summed E-state index contributed by atoms with van der Waals surface area (Å²) in [7, 11) is 5.60. The van der Waals surface area contributed by atoms with Gasteiger partial charge in [-0.25, -0.2) is 0 Å². The summed E-state index contributed by atoms with van der Waals surface area (Å²) in [5.41, 5.74) is 0. The molecule has 6 heteroatoms. The van der Waals surface area contributed by atoms with Crippen molar-refractivity contribution in [2.45, 2.75) is 25.5 Å². The molecule has 1 unspecified atom stereocenters. The van der Waals surface area contributed by atoms with E-state index in [2.05, 4.69) is 5.32 Å². The first kappa shape index (κ1) is 21.6. The van der Waals surface area contributed by atoms with Crippen LogP contribution in [0.2, 0.25) is 0 Å². The lowest BCUT2D eigenvalue weighted by molar-refractivity contribution is -0.122. The van der Waals surface area contributed by atoms with Crippen LogP contribution in [0.15, 0.2) is 36.4 Å². The molecule has 23 heavy (non-hydrogen) atoms. The summed E-state index contributed by atoms with van der Waals surface area (Å²) in [6.07, 6.45) is 0. The Hall–Kier alpha value is -1.37. The Labute approximate surface area is 143 Å². The molecule has 0 saturated carbocycles. The van der Waals surface area contributed by atoms with E-state index in [1.807, 2.05) is 69.2 Å². The third-order valence-corrected chi connectivity index (χ3v) is 4.50. The van der Waals surface area contributed by atoms with Crippen molar-refractivity contribution >= 4 is 22.9 Å². The summed E-state index contributed by atoms with van der Waals surface area (Å²) in [6.45, 7) is 6.37. The minimum atomic E-state index is -0.558. The molecule has 1 atom stereocenters. The summed E-state index contributed by atoms with van der Waals surface area (Å²) in [6, 6.07) is 12.0. The quantitative estimate of drug-likeness (QED) is 0.856. The number of carbonyl (C=O) groups excluding carboxylic acids is 2. The summed E-state index contributed by atoms with van der Waals surface area (Å²) >= 11 is 1.08. The van der Waals surface area contributed by atoms with Crippen LogP contribution in [-0.2, 0) is 9.53 Å². The lowest BCUT2D eigenvalue weighted by Crippen LogP contribution is -2.38. The Morgan fingerprint density at radius 1 is 1.13 bits per heavy atom. The van der Waals surface area contributed by atoms with Crippen molar-refractivity contribution in [3.05, 3.63) is 36.4 Å². The molecular formula is C17H28N2O3S. The van der Waals surface area contributed by atoms with E-state index in [0.29, 0.717) is 6.73 Å². The van der Waals surface area contributed by atoms with Gasteiger partial charge in [-0.1, -0.05) is 50.2 Å². The zero-order chi connectivity index (χ0) is 17.9. The summed E-state index contributed by atoms with van der Waals surface area (Å²) in [5.74, 6) is 0.0152. The fourth-order valence-electron chi connectivity index (χ4n) is 1.50. The summed E-state index contributed by atoms with van der Waals surface area (Å²) in [5, 5.41) is 2.04. The zero-order valence-corrected chi connectivity index (χ0v) is 15.6. The highest BCUT2D eigenvalue weighted by atomic mass is 32.2. The number of methoxy groups -OCH3 is 1. The number of benzene rings is 1. The van der Waals surface area contributed by atoms with Gasteiger partial charge >= 0.3 is 0 Å². The molecule has 1 aliphatic heterocycles. The second-order valence-electron chi connectivity index (χ2n) is 5.76. The van der Waals surface area contributed by atoms with Gasteiger partial charge in [0.2, 0.25) is 5.91 Å². The van der Waals surface area contributed by atoms with Crippen molar-refractivity contribution in [1.82, 2.24) is 10.2 Å². The van der Waals surface area contributed by atoms with Gasteiger partial charge in [-0.05, 0) is 38.7 Å². The first-order chi connectivity index (χ1) is 10.7. The van der Waals surface area contributed by atoms with Gasteiger partial charge in [-0.15, -0.1) is 0 Å². The van der Waals surface area contributed by atoms with Crippen LogP contribution in [-0.4, -0.2) is 48.7 Å². The molecule has 1 aromatic rings. The fourth-order valence-corrected chi connectivity index (χ4v) is 2.41. The van der Waals surface area contributed by atoms with Gasteiger partial charge in [0, 0.05) is 7.11 Å². The maximum atomic E-state index is 11.2. The molecule has 5 nitrogen and oxygen atoms in total. The monoisotopic (exact) mass is 340 g/mol. The Morgan fingerprint density at radius 2 is 1.57 bits per heavy atom. The largest absolute Gasteiger partial charge is 0.369 e. The average molecular weight is 340 g/mol. The molecule has 1 saturated heterocycles. The predicted octanol–water partition coefficient (Wildman–Crippen LogP) is 3.22. The summed E-state index contributed by atoms with van der Waals surface area (Å²) < 4.78 is 4.17. The molecule has 0 aromatic heterocycles. The predicted molar refractivity (Wildman–Crippen MR) is 96.4 cm³/mol. The van der Waals surface area contributed by atoms with Crippen molar-refractivity contribution in [2.75, 3.05) is 27.9 Å². The van der Waals surface area contributed by atoms with Crippen LogP contribution in [0.5, 0.6) is 0 Å². The number of rotatable bonds is 3. The van der Waals surface area contributed by atoms with Crippen LogP contribution in [0.4, 0.5) is 4.79 Å². The van der Waals surface area contributed by atoms with E-state index in [-0.39, 0.29) is 17.1 Å². The van der Waals surface area contributed by atoms with E-state index in [0.717, 1.165) is 11.8 Å². The molecule has 1 aliphatic rings. The average Bonchev–Trinajstić information content (AvgIpc) is 2.76. The van der Waals surface area contributed by atoms with Crippen molar-refractivity contribution in [3.8, 4) is 0 Å². The van der Waals surface area contributed by atoms with Crippen molar-refractivity contribution in [2.24, 2.45) is 5.92 Å². The number of carbonyl (C=O) groups is 2. The van der Waals surface area contributed by atoms with Gasteiger partial charge in [0.05, 0.1) is 6.73 Å². The Morgan fingerprint density at radius 3 is 1.70 bits per heavy atom. The molecule has 130 valence electrons. The highest BCUT2D eigenvalue weighted by Gasteiger charge is 2.45. The van der Waals surface area contributed by atoms with Crippen molar-refractivity contribution in [3.63, 3.8) is 0 Å². The number of hydrogen-bond acceptors (Lipinski definition) is 5. The van der Waals surface area contributed by atoms with E-state index >= 15 is 0 Å². The normalized spacial score (nSPS) is 19.7. The van der Waals surface area contributed by atoms with E-state index in [9.17, 15) is 9.59 Å². The van der Waals surface area contributed by atoms with Crippen LogP contribution < -0.4 is 5.32 Å². The number of imide groups is 1. The lowest BCUT2D eigenvalue weighted by atomic mass is 9.96. The number of nitrogens with zero attached hydrogens (tertiary/aromatic N) is 1. The highest BCUT2D eigenvalue weighted by Crippen LogP contribution is 2.37. The van der Waals surface area contributed by atoms with Crippen LogP contribution in [0, 0.1) is 5.92 Å². The van der Waals surface area contributed by atoms with Crippen molar-refractivity contribution < 1.29 is 14.3 Å². The number of hydrogen-bond donors (Lipinski definition) is 1. The molecule has 1 fully saturated rings. The molecule has 0 radical (unpaired) electrons. The minimum Gasteiger partial charge on any atom is -0.369 e. The minimum absolute atomic E-state index is 0.164. The highest BCUT2D eigenvalue weighted by molar-refractivity contribution is 8.16. The van der Waals surface area contributed by atoms with Crippen LogP contribution in [0.1, 0.15) is 20.8 Å². The summed E-state index contributed by atoms with van der Waals surface area (Å²) in [4.78, 5) is 24.0. The second kappa shape index (κ2) is 11.2. The molecule has 1 N–H and O–H groups in total. The third-order valence-electron chi connectivity index (χ3n) is 3.13. The Balaban J connectivity index is 0.000000344. The number of thioether (sulfide) groups is 1. The molecule has 1 aromatic carbocycles. The van der Waals surface area contributed by atoms with Crippen LogP contribution >= 0.6 is 11.8 Å². The molecule has 0 bridgehead atoms. The first-order valence-electron chi connectivity index (χ1n) is 7.42. The van der Waals surface area contributed by atoms with E-state index in [1.54, 1.807) is 14.0 Å². The van der Waals surface area contributed by atoms with Crippen LogP contribution in [0.25, 0.3) is 0 Å². The van der Waals surface area contributed by atoms with Gasteiger partial charge in [-0.3, -0.25) is 19.8 Å². The Bertz CT molecular complexity index is 439. The van der Waals surface area contributed by atoms with Gasteiger partial charge < -0.3 is 4.74 Å². The molecule has 2 rings (SSSR count). The molecule has 0 aliphatic carbocycles. The second-order valence-corrected chi connectivity index (χ2v) is 7.18. The van der Waals surface area contributed by atoms with E-state index < -0.39 is 4.75 Å². The molecule has 0 spiro atoms. The van der Waals surface area contributed by atoms with E-state index in [4.69, 9.17) is 4.74 Å². The fraction of sp³-hybridized carbons (Fsp3) is 0.529. The topological polar surface area (TPSA) is 58.6 Å². The number of nitrogens with one attached hydrogen (secondary N) is 1. The third kappa shape index (κ3) is 8.74. The van der Waals surface area contributed by atoms with Gasteiger partial charge in [-0.2, -0.15) is 0 Å². The molecule has 2 amide bonds. The molecule has 1 heterocycles. The zero-order valence-electron chi connectivity index (χ0n) is 14.8. The van der Waals surface area contributed by atoms with Crippen LogP contribution in [0.3, 0.4) is 0 Å². The smallest absolute Gasteiger partial charge is 0.286 e. The first-order valence-corrected chi connectivity index (χ1v) is 8.23. The SMILES string of the molecule is CC(C)C1(C)SC(=O)NC1=O.COCN(C)C.c1ccccc1. The van der Waals surface area contributed by atoms with Gasteiger partial charge in [0.25, 0.3) is 5.24 Å². The number of ether oxygens (including phenoxy) is 1. The lowest BCUT2D eigenvalue weighted by Gasteiger charge is -2.22. The standard InChI is InChI=1S/C7H11NO2S.C6H6.C4H11NO/c1-4(2)7(3)5(9)8-6(10)11-7;1-2-4-6-5-3-1;1-5(2)4-6-3/h4H,1-3H3,(H,8,9,10);1-6H;4H2,1-3H3. The number of amides is 2. The Kier molecular flexibility index (Phi) is 10.5. The maximum Gasteiger partial charge on any atom is 0.286 e. The van der Waals surface area contributed by atoms with Gasteiger partial charge in [0.1, 0.15) is 4.75 Å². The van der Waals surface area contributed by atoms with E-state index in [1.165, 1.54) is 0 Å².